The molecule has 1 heterocycles. The molecule has 2 N–H and O–H groups in total. The monoisotopic (exact) mass is 324 g/mol. The van der Waals surface area contributed by atoms with Gasteiger partial charge in [0.25, 0.3) is 0 Å². The molecule has 0 aliphatic rings. The molecule has 2 rings (SSSR count). The van der Waals surface area contributed by atoms with Crippen molar-refractivity contribution < 1.29 is 4.42 Å². The van der Waals surface area contributed by atoms with Crippen LogP contribution in [0.4, 0.5) is 11.7 Å². The van der Waals surface area contributed by atoms with E-state index < -0.39 is 0 Å². The van der Waals surface area contributed by atoms with Crippen LogP contribution in [-0.2, 0) is 0 Å². The summed E-state index contributed by atoms with van der Waals surface area (Å²) in [6.45, 7) is 6.06. The van der Waals surface area contributed by atoms with Crippen molar-refractivity contribution in [1.82, 2.24) is 15.5 Å². The summed E-state index contributed by atoms with van der Waals surface area (Å²) in [7, 11) is 1.85. The lowest BCUT2D eigenvalue weighted by Crippen LogP contribution is -2.12. The van der Waals surface area contributed by atoms with Gasteiger partial charge >= 0.3 is 6.01 Å². The van der Waals surface area contributed by atoms with Crippen molar-refractivity contribution in [1.29, 1.82) is 0 Å². The molecule has 0 aliphatic heterocycles. The van der Waals surface area contributed by atoms with E-state index in [1.165, 1.54) is 0 Å². The second kappa shape index (κ2) is 5.71. The van der Waals surface area contributed by atoms with E-state index in [0.717, 1.165) is 21.3 Å². The van der Waals surface area contributed by atoms with Crippen LogP contribution in [-0.4, -0.2) is 17.2 Å². The predicted molar refractivity (Wildman–Crippen MR) is 78.7 cm³/mol. The van der Waals surface area contributed by atoms with Crippen molar-refractivity contribution in [2.24, 2.45) is 0 Å². The van der Waals surface area contributed by atoms with Crippen LogP contribution in [0.1, 0.15) is 30.0 Å². The molecule has 1 unspecified atom stereocenters. The topological polar surface area (TPSA) is 63.0 Å². The minimum Gasteiger partial charge on any atom is -0.406 e. The Balaban J connectivity index is 2.19. The van der Waals surface area contributed by atoms with Gasteiger partial charge in [0.2, 0.25) is 5.89 Å². The van der Waals surface area contributed by atoms with Crippen LogP contribution in [0.3, 0.4) is 0 Å². The van der Waals surface area contributed by atoms with E-state index in [1.807, 2.05) is 40.0 Å². The molecule has 2 aromatic rings. The fourth-order valence-electron chi connectivity index (χ4n) is 1.73. The van der Waals surface area contributed by atoms with E-state index in [2.05, 4.69) is 36.8 Å². The SMILES string of the molecule is CNC(C)c1nnc(Nc2cc(C)c(Br)c(C)c2)o1. The molecule has 0 saturated carbocycles. The molecule has 1 aromatic carbocycles. The Morgan fingerprint density at radius 1 is 1.21 bits per heavy atom. The van der Waals surface area contributed by atoms with Gasteiger partial charge in [-0.1, -0.05) is 21.0 Å². The van der Waals surface area contributed by atoms with Crippen molar-refractivity contribution in [2.75, 3.05) is 12.4 Å². The van der Waals surface area contributed by atoms with Crippen LogP contribution in [0.2, 0.25) is 0 Å². The van der Waals surface area contributed by atoms with E-state index in [0.29, 0.717) is 11.9 Å². The van der Waals surface area contributed by atoms with Gasteiger partial charge in [-0.05, 0) is 51.1 Å². The Bertz CT molecular complexity index is 559. The predicted octanol–water partition coefficient (Wildman–Crippen LogP) is 3.47. The zero-order chi connectivity index (χ0) is 14.0. The van der Waals surface area contributed by atoms with Gasteiger partial charge in [0, 0.05) is 10.2 Å². The van der Waals surface area contributed by atoms with Crippen LogP contribution in [0.15, 0.2) is 21.0 Å². The number of rotatable bonds is 4. The number of hydrogen-bond donors (Lipinski definition) is 2. The maximum absolute atomic E-state index is 5.54. The maximum Gasteiger partial charge on any atom is 0.320 e. The third kappa shape index (κ3) is 3.13. The molecule has 19 heavy (non-hydrogen) atoms. The highest BCUT2D eigenvalue weighted by Gasteiger charge is 2.12. The summed E-state index contributed by atoms with van der Waals surface area (Å²) in [5.74, 6) is 0.565. The lowest BCUT2D eigenvalue weighted by atomic mass is 10.1. The number of nitrogens with one attached hydrogen (secondary N) is 2. The first-order valence-electron chi connectivity index (χ1n) is 6.05. The third-order valence-electron chi connectivity index (χ3n) is 2.93. The van der Waals surface area contributed by atoms with E-state index in [1.54, 1.807) is 0 Å². The molecule has 0 amide bonds. The lowest BCUT2D eigenvalue weighted by molar-refractivity contribution is 0.443. The summed E-state index contributed by atoms with van der Waals surface area (Å²) in [4.78, 5) is 0. The minimum atomic E-state index is 0.0384. The molecule has 102 valence electrons. The minimum absolute atomic E-state index is 0.0384. The van der Waals surface area contributed by atoms with Gasteiger partial charge in [-0.25, -0.2) is 0 Å². The van der Waals surface area contributed by atoms with Crippen molar-refractivity contribution in [3.05, 3.63) is 33.6 Å². The summed E-state index contributed by atoms with van der Waals surface area (Å²) < 4.78 is 6.66. The molecule has 0 spiro atoms. The Morgan fingerprint density at radius 2 is 1.84 bits per heavy atom. The van der Waals surface area contributed by atoms with Crippen LogP contribution >= 0.6 is 15.9 Å². The number of anilines is 2. The van der Waals surface area contributed by atoms with Crippen LogP contribution in [0, 0.1) is 13.8 Å². The van der Waals surface area contributed by atoms with Gasteiger partial charge in [-0.2, -0.15) is 0 Å². The molecule has 0 aliphatic carbocycles. The molecule has 0 saturated heterocycles. The zero-order valence-corrected chi connectivity index (χ0v) is 13.0. The zero-order valence-electron chi connectivity index (χ0n) is 11.4. The summed E-state index contributed by atoms with van der Waals surface area (Å²) in [5, 5.41) is 14.2. The normalized spacial score (nSPS) is 12.5. The smallest absolute Gasteiger partial charge is 0.320 e. The fraction of sp³-hybridized carbons (Fsp3) is 0.385. The largest absolute Gasteiger partial charge is 0.406 e. The van der Waals surface area contributed by atoms with Crippen LogP contribution < -0.4 is 10.6 Å². The van der Waals surface area contributed by atoms with Crippen LogP contribution in [0.5, 0.6) is 0 Å². The Morgan fingerprint density at radius 3 is 2.42 bits per heavy atom. The second-order valence-corrected chi connectivity index (χ2v) is 5.30. The highest BCUT2D eigenvalue weighted by molar-refractivity contribution is 9.10. The summed E-state index contributed by atoms with van der Waals surface area (Å²) in [6.07, 6.45) is 0. The molecule has 1 aromatic heterocycles. The van der Waals surface area contributed by atoms with Gasteiger partial charge in [-0.3, -0.25) is 0 Å². The van der Waals surface area contributed by atoms with Crippen molar-refractivity contribution >= 4 is 27.6 Å². The Hall–Kier alpha value is -1.40. The number of aromatic nitrogens is 2. The standard InChI is InChI=1S/C13H17BrN4O/c1-7-5-10(6-8(2)11(7)14)16-13-18-17-12(19-13)9(3)15-4/h5-6,9,15H,1-4H3,(H,16,18). The first-order valence-corrected chi connectivity index (χ1v) is 6.85. The number of halogens is 1. The lowest BCUT2D eigenvalue weighted by Gasteiger charge is -2.08. The quantitative estimate of drug-likeness (QED) is 0.901. The number of hydrogen-bond acceptors (Lipinski definition) is 5. The Labute approximate surface area is 120 Å². The van der Waals surface area contributed by atoms with E-state index in [-0.39, 0.29) is 6.04 Å². The summed E-state index contributed by atoms with van der Waals surface area (Å²) >= 11 is 3.54. The molecule has 0 fully saturated rings. The molecule has 0 radical (unpaired) electrons. The first-order chi connectivity index (χ1) is 9.01. The average molecular weight is 325 g/mol. The van der Waals surface area contributed by atoms with Crippen molar-refractivity contribution in [2.45, 2.75) is 26.8 Å². The molecule has 5 nitrogen and oxygen atoms in total. The highest BCUT2D eigenvalue weighted by atomic mass is 79.9. The molecule has 6 heteroatoms. The van der Waals surface area contributed by atoms with Crippen molar-refractivity contribution in [3.63, 3.8) is 0 Å². The second-order valence-electron chi connectivity index (χ2n) is 4.50. The average Bonchev–Trinajstić information content (AvgIpc) is 2.83. The van der Waals surface area contributed by atoms with E-state index in [4.69, 9.17) is 4.42 Å². The summed E-state index contributed by atoms with van der Waals surface area (Å²) in [6, 6.07) is 4.50. The van der Waals surface area contributed by atoms with Gasteiger partial charge in [0.1, 0.15) is 0 Å². The molecular formula is C13H17BrN4O. The first kappa shape index (κ1) is 14.0. The van der Waals surface area contributed by atoms with Crippen LogP contribution in [0.25, 0.3) is 0 Å². The van der Waals surface area contributed by atoms with E-state index in [9.17, 15) is 0 Å². The number of nitrogens with zero attached hydrogens (tertiary/aromatic N) is 2. The molecule has 1 atom stereocenters. The van der Waals surface area contributed by atoms with Gasteiger partial charge in [-0.15, -0.1) is 5.10 Å². The maximum atomic E-state index is 5.54. The number of benzene rings is 1. The van der Waals surface area contributed by atoms with Crippen molar-refractivity contribution in [3.8, 4) is 0 Å². The van der Waals surface area contributed by atoms with Gasteiger partial charge in [0.05, 0.1) is 6.04 Å². The third-order valence-corrected chi connectivity index (χ3v) is 4.18. The molecular weight excluding hydrogens is 308 g/mol. The summed E-state index contributed by atoms with van der Waals surface area (Å²) in [5.41, 5.74) is 3.25. The van der Waals surface area contributed by atoms with Gasteiger partial charge in [0.15, 0.2) is 0 Å². The highest BCUT2D eigenvalue weighted by Crippen LogP contribution is 2.27. The number of aryl methyl sites for hydroxylation is 2. The fourth-order valence-corrected chi connectivity index (χ4v) is 1.95. The Kier molecular flexibility index (Phi) is 4.21. The van der Waals surface area contributed by atoms with E-state index >= 15 is 0 Å². The van der Waals surface area contributed by atoms with Gasteiger partial charge < -0.3 is 15.1 Å². The molecule has 0 bridgehead atoms.